The van der Waals surface area contributed by atoms with Crippen molar-refractivity contribution >= 4 is 29.0 Å². The number of hydrogen-bond donors (Lipinski definition) is 1. The van der Waals surface area contributed by atoms with Crippen LogP contribution in [-0.4, -0.2) is 34.9 Å². The van der Waals surface area contributed by atoms with E-state index in [2.05, 4.69) is 58.5 Å². The van der Waals surface area contributed by atoms with Crippen molar-refractivity contribution in [3.8, 4) is 11.5 Å². The minimum atomic E-state index is -0.00261. The molecule has 3 aromatic rings. The number of nitrogens with one attached hydrogen (secondary N) is 1. The fraction of sp³-hybridized carbons (Fsp3) is 0.375. The highest BCUT2D eigenvalue weighted by Gasteiger charge is 2.13. The molecule has 0 saturated carbocycles. The summed E-state index contributed by atoms with van der Waals surface area (Å²) >= 11 is 1.40. The summed E-state index contributed by atoms with van der Waals surface area (Å²) in [6.07, 6.45) is 3.84. The molecule has 0 spiro atoms. The van der Waals surface area contributed by atoms with Crippen LogP contribution in [0, 0.1) is 0 Å². The van der Waals surface area contributed by atoms with Gasteiger partial charge >= 0.3 is 0 Å². The number of fused-ring (bicyclic) bond motifs is 1. The second-order valence-corrected chi connectivity index (χ2v) is 8.62. The number of hydrogen-bond acceptors (Lipinski definition) is 6. The lowest BCUT2D eigenvalue weighted by atomic mass is 10.1. The van der Waals surface area contributed by atoms with Crippen molar-refractivity contribution in [1.29, 1.82) is 0 Å². The second kappa shape index (κ2) is 10.0. The van der Waals surface area contributed by atoms with Crippen LogP contribution in [-0.2, 0) is 17.6 Å². The number of aromatic nitrogens is 2. The van der Waals surface area contributed by atoms with E-state index in [0.717, 1.165) is 37.2 Å². The van der Waals surface area contributed by atoms with Crippen molar-refractivity contribution in [1.82, 2.24) is 10.2 Å². The number of carbonyl (C=O) groups is 1. The first kappa shape index (κ1) is 21.4. The first-order valence-electron chi connectivity index (χ1n) is 10.9. The molecule has 0 unspecified atom stereocenters. The Bertz CT molecular complexity index is 1030. The number of benzene rings is 2. The lowest BCUT2D eigenvalue weighted by molar-refractivity contribution is -0.115. The largest absolute Gasteiger partial charge is 0.411 e. The zero-order valence-electron chi connectivity index (χ0n) is 18.1. The molecule has 0 radical (unpaired) electrons. The molecule has 4 rings (SSSR count). The zero-order valence-corrected chi connectivity index (χ0v) is 18.9. The number of thioether (sulfide) groups is 1. The molecule has 0 saturated heterocycles. The molecule has 0 fully saturated rings. The van der Waals surface area contributed by atoms with Gasteiger partial charge in [0.1, 0.15) is 0 Å². The van der Waals surface area contributed by atoms with Gasteiger partial charge in [-0.05, 0) is 80.6 Å². The van der Waals surface area contributed by atoms with Crippen LogP contribution in [0.1, 0.15) is 37.8 Å². The number of amides is 1. The van der Waals surface area contributed by atoms with E-state index >= 15 is 0 Å². The van der Waals surface area contributed by atoms with Crippen LogP contribution in [0.5, 0.6) is 0 Å². The summed E-state index contributed by atoms with van der Waals surface area (Å²) in [7, 11) is 0. The zero-order chi connectivity index (χ0) is 21.6. The van der Waals surface area contributed by atoms with Gasteiger partial charge in [-0.1, -0.05) is 17.8 Å². The molecule has 6 nitrogen and oxygen atoms in total. The molecule has 1 aromatic heterocycles. The Balaban J connectivity index is 1.27. The third-order valence-corrected chi connectivity index (χ3v) is 6.41. The van der Waals surface area contributed by atoms with Crippen LogP contribution in [0.2, 0.25) is 0 Å². The predicted octanol–water partition coefficient (Wildman–Crippen LogP) is 5.19. The number of aryl methyl sites for hydroxylation is 2. The SMILES string of the molecule is CCN(CC)c1ccc(-c2nnc(SCCC(=O)Nc3ccc4c(c3)CCC4)o2)cc1. The van der Waals surface area contributed by atoms with Gasteiger partial charge in [0.25, 0.3) is 5.22 Å². The van der Waals surface area contributed by atoms with Crippen molar-refractivity contribution < 1.29 is 9.21 Å². The van der Waals surface area contributed by atoms with Gasteiger partial charge in [-0.2, -0.15) is 0 Å². The van der Waals surface area contributed by atoms with Gasteiger partial charge in [0.2, 0.25) is 11.8 Å². The lowest BCUT2D eigenvalue weighted by Crippen LogP contribution is -2.21. The smallest absolute Gasteiger partial charge is 0.276 e. The number of carbonyl (C=O) groups excluding carboxylic acids is 1. The van der Waals surface area contributed by atoms with Gasteiger partial charge in [-0.3, -0.25) is 4.79 Å². The summed E-state index contributed by atoms with van der Waals surface area (Å²) in [5.74, 6) is 1.08. The number of rotatable bonds is 9. The molecule has 31 heavy (non-hydrogen) atoms. The summed E-state index contributed by atoms with van der Waals surface area (Å²) in [6, 6.07) is 14.4. The molecule has 0 aliphatic heterocycles. The van der Waals surface area contributed by atoms with Crippen molar-refractivity contribution in [2.75, 3.05) is 29.1 Å². The summed E-state index contributed by atoms with van der Waals surface area (Å²) in [6.45, 7) is 6.23. The standard InChI is InChI=1S/C24H28N4O2S/c1-3-28(4-2)21-12-9-18(10-13-21)23-26-27-24(30-23)31-15-14-22(29)25-20-11-8-17-6-5-7-19(17)16-20/h8-13,16H,3-7,14-15H2,1-2H3,(H,25,29). The average molecular weight is 437 g/mol. The van der Waals surface area contributed by atoms with Crippen molar-refractivity contribution in [2.45, 2.75) is 44.8 Å². The van der Waals surface area contributed by atoms with E-state index in [0.29, 0.717) is 23.3 Å². The first-order chi connectivity index (χ1) is 15.2. The Morgan fingerprint density at radius 3 is 2.61 bits per heavy atom. The molecule has 1 N–H and O–H groups in total. The quantitative estimate of drug-likeness (QED) is 0.465. The van der Waals surface area contributed by atoms with Gasteiger partial charge < -0.3 is 14.6 Å². The Morgan fingerprint density at radius 1 is 1.06 bits per heavy atom. The molecule has 2 aromatic carbocycles. The van der Waals surface area contributed by atoms with Crippen LogP contribution < -0.4 is 10.2 Å². The van der Waals surface area contributed by atoms with Crippen molar-refractivity contribution in [3.63, 3.8) is 0 Å². The van der Waals surface area contributed by atoms with Crippen molar-refractivity contribution in [3.05, 3.63) is 53.6 Å². The van der Waals surface area contributed by atoms with Gasteiger partial charge in [0, 0.05) is 42.2 Å². The van der Waals surface area contributed by atoms with E-state index in [-0.39, 0.29) is 5.91 Å². The Morgan fingerprint density at radius 2 is 1.84 bits per heavy atom. The Hall–Kier alpha value is -2.80. The average Bonchev–Trinajstić information content (AvgIpc) is 3.44. The minimum absolute atomic E-state index is 0.00261. The summed E-state index contributed by atoms with van der Waals surface area (Å²) in [5.41, 5.74) is 5.71. The highest BCUT2D eigenvalue weighted by Crippen LogP contribution is 2.27. The predicted molar refractivity (Wildman–Crippen MR) is 126 cm³/mol. The highest BCUT2D eigenvalue weighted by atomic mass is 32.2. The highest BCUT2D eigenvalue weighted by molar-refractivity contribution is 7.99. The molecule has 7 heteroatoms. The van der Waals surface area contributed by atoms with Crippen LogP contribution in [0.3, 0.4) is 0 Å². The van der Waals surface area contributed by atoms with E-state index in [1.165, 1.54) is 35.0 Å². The molecule has 0 atom stereocenters. The maximum atomic E-state index is 12.3. The Kier molecular flexibility index (Phi) is 6.92. The molecule has 162 valence electrons. The van der Waals surface area contributed by atoms with Gasteiger partial charge in [0.05, 0.1) is 0 Å². The molecular weight excluding hydrogens is 408 g/mol. The maximum absolute atomic E-state index is 12.3. The van der Waals surface area contributed by atoms with Crippen LogP contribution in [0.15, 0.2) is 52.1 Å². The monoisotopic (exact) mass is 436 g/mol. The summed E-state index contributed by atoms with van der Waals surface area (Å²) < 4.78 is 5.77. The lowest BCUT2D eigenvalue weighted by Gasteiger charge is -2.20. The van der Waals surface area contributed by atoms with E-state index in [1.807, 2.05) is 18.2 Å². The molecule has 1 heterocycles. The third-order valence-electron chi connectivity index (χ3n) is 5.59. The van der Waals surface area contributed by atoms with E-state index < -0.39 is 0 Å². The number of nitrogens with zero attached hydrogens (tertiary/aromatic N) is 3. The van der Waals surface area contributed by atoms with Crippen LogP contribution >= 0.6 is 11.8 Å². The first-order valence-corrected chi connectivity index (χ1v) is 11.9. The molecular formula is C24H28N4O2S. The fourth-order valence-corrected chi connectivity index (χ4v) is 4.59. The normalized spacial score (nSPS) is 12.6. The second-order valence-electron chi connectivity index (χ2n) is 7.58. The van der Waals surface area contributed by atoms with Gasteiger partial charge in [-0.25, -0.2) is 0 Å². The van der Waals surface area contributed by atoms with Crippen LogP contribution in [0.4, 0.5) is 11.4 Å². The molecule has 1 aliphatic rings. The summed E-state index contributed by atoms with van der Waals surface area (Å²) in [4.78, 5) is 14.6. The molecule has 0 bridgehead atoms. The minimum Gasteiger partial charge on any atom is -0.411 e. The van der Waals surface area contributed by atoms with Gasteiger partial charge in [-0.15, -0.1) is 10.2 Å². The fourth-order valence-electron chi connectivity index (χ4n) is 3.89. The maximum Gasteiger partial charge on any atom is 0.276 e. The molecule has 1 amide bonds. The van der Waals surface area contributed by atoms with E-state index in [9.17, 15) is 4.79 Å². The number of anilines is 2. The van der Waals surface area contributed by atoms with Gasteiger partial charge in [0.15, 0.2) is 0 Å². The van der Waals surface area contributed by atoms with Crippen LogP contribution in [0.25, 0.3) is 11.5 Å². The third kappa shape index (κ3) is 5.28. The van der Waals surface area contributed by atoms with E-state index in [4.69, 9.17) is 4.42 Å². The Labute approximate surface area is 187 Å². The van der Waals surface area contributed by atoms with E-state index in [1.54, 1.807) is 0 Å². The summed E-state index contributed by atoms with van der Waals surface area (Å²) in [5, 5.41) is 11.7. The molecule has 1 aliphatic carbocycles. The topological polar surface area (TPSA) is 71.3 Å². The van der Waals surface area contributed by atoms with Crippen molar-refractivity contribution in [2.24, 2.45) is 0 Å².